The first-order valence-electron chi connectivity index (χ1n) is 7.82. The fourth-order valence-electron chi connectivity index (χ4n) is 2.52. The number of nitrogens with one attached hydrogen (secondary N) is 1. The molecule has 0 bridgehead atoms. The Kier molecular flexibility index (Phi) is 6.21. The van der Waals surface area contributed by atoms with Gasteiger partial charge in [0, 0.05) is 19.7 Å². The van der Waals surface area contributed by atoms with E-state index in [0.29, 0.717) is 6.54 Å². The van der Waals surface area contributed by atoms with Gasteiger partial charge >= 0.3 is 0 Å². The molecule has 122 valence electrons. The highest BCUT2D eigenvalue weighted by Crippen LogP contribution is 2.14. The molecule has 0 saturated carbocycles. The van der Waals surface area contributed by atoms with E-state index in [1.54, 1.807) is 7.11 Å². The summed E-state index contributed by atoms with van der Waals surface area (Å²) in [5.74, 6) is 0.889. The third-order valence-corrected chi connectivity index (χ3v) is 4.16. The third-order valence-electron chi connectivity index (χ3n) is 4.16. The quantitative estimate of drug-likeness (QED) is 0.835. The highest BCUT2D eigenvalue weighted by atomic mass is 16.5. The van der Waals surface area contributed by atoms with Crippen LogP contribution in [-0.2, 0) is 16.1 Å². The van der Waals surface area contributed by atoms with Crippen LogP contribution in [0.4, 0.5) is 0 Å². The first-order chi connectivity index (χ1) is 10.6. The molecule has 2 atom stereocenters. The average molecular weight is 306 g/mol. The smallest absolute Gasteiger partial charge is 0.237 e. The van der Waals surface area contributed by atoms with Crippen LogP contribution < -0.4 is 10.1 Å². The lowest BCUT2D eigenvalue weighted by Gasteiger charge is -2.24. The molecule has 0 spiro atoms. The van der Waals surface area contributed by atoms with Crippen LogP contribution >= 0.6 is 0 Å². The van der Waals surface area contributed by atoms with Gasteiger partial charge in [-0.15, -0.1) is 0 Å². The zero-order valence-electron chi connectivity index (χ0n) is 13.7. The van der Waals surface area contributed by atoms with Crippen molar-refractivity contribution < 1.29 is 14.3 Å². The van der Waals surface area contributed by atoms with E-state index in [0.717, 1.165) is 37.3 Å². The number of ether oxygens (including phenoxy) is 2. The Morgan fingerprint density at radius 2 is 2.18 bits per heavy atom. The summed E-state index contributed by atoms with van der Waals surface area (Å²) in [5, 5.41) is 2.98. The van der Waals surface area contributed by atoms with Crippen LogP contribution in [0.15, 0.2) is 24.3 Å². The highest BCUT2D eigenvalue weighted by molar-refractivity contribution is 5.81. The fraction of sp³-hybridized carbons (Fsp3) is 0.588. The van der Waals surface area contributed by atoms with Crippen LogP contribution in [0.25, 0.3) is 0 Å². The van der Waals surface area contributed by atoms with E-state index >= 15 is 0 Å². The maximum atomic E-state index is 12.2. The third kappa shape index (κ3) is 4.71. The van der Waals surface area contributed by atoms with E-state index in [2.05, 4.69) is 5.32 Å². The van der Waals surface area contributed by atoms with Gasteiger partial charge in [0.25, 0.3) is 0 Å². The summed E-state index contributed by atoms with van der Waals surface area (Å²) in [4.78, 5) is 14.2. The number of rotatable bonds is 7. The molecule has 5 nitrogen and oxygen atoms in total. The molecule has 1 heterocycles. The summed E-state index contributed by atoms with van der Waals surface area (Å²) in [6.07, 6.45) is 2.31. The van der Waals surface area contributed by atoms with Crippen molar-refractivity contribution in [3.63, 3.8) is 0 Å². The van der Waals surface area contributed by atoms with Gasteiger partial charge in [-0.1, -0.05) is 12.1 Å². The standard InChI is InChI=1S/C17H26N2O3/c1-13(17(20)18-11-16-5-4-10-22-16)19(2)12-14-6-8-15(21-3)9-7-14/h6-9,13,16H,4-5,10-12H2,1-3H3,(H,18,20). The molecule has 1 aliphatic rings. The Labute approximate surface area is 132 Å². The van der Waals surface area contributed by atoms with Gasteiger partial charge in [0.05, 0.1) is 19.3 Å². The average Bonchev–Trinajstić information content (AvgIpc) is 3.06. The Hall–Kier alpha value is -1.59. The minimum atomic E-state index is -0.177. The van der Waals surface area contributed by atoms with Crippen molar-refractivity contribution in [3.8, 4) is 5.75 Å². The predicted molar refractivity (Wildman–Crippen MR) is 85.9 cm³/mol. The fourth-order valence-corrected chi connectivity index (χ4v) is 2.52. The summed E-state index contributed by atoms with van der Waals surface area (Å²) in [7, 11) is 3.61. The molecule has 2 rings (SSSR count). The van der Waals surface area contributed by atoms with E-state index in [9.17, 15) is 4.79 Å². The second-order valence-corrected chi connectivity index (χ2v) is 5.82. The summed E-state index contributed by atoms with van der Waals surface area (Å²) < 4.78 is 10.7. The molecule has 1 aromatic carbocycles. The zero-order valence-corrected chi connectivity index (χ0v) is 13.7. The van der Waals surface area contributed by atoms with Crippen LogP contribution in [0.1, 0.15) is 25.3 Å². The molecule has 1 fully saturated rings. The summed E-state index contributed by atoms with van der Waals surface area (Å²) in [5.41, 5.74) is 1.15. The lowest BCUT2D eigenvalue weighted by atomic mass is 10.1. The Morgan fingerprint density at radius 3 is 2.77 bits per heavy atom. The van der Waals surface area contributed by atoms with Crippen molar-refractivity contribution in [3.05, 3.63) is 29.8 Å². The summed E-state index contributed by atoms with van der Waals surface area (Å²) in [6, 6.07) is 7.73. The van der Waals surface area contributed by atoms with E-state index in [4.69, 9.17) is 9.47 Å². The maximum Gasteiger partial charge on any atom is 0.237 e. The number of hydrogen-bond acceptors (Lipinski definition) is 4. The number of benzene rings is 1. The number of carbonyl (C=O) groups is 1. The minimum absolute atomic E-state index is 0.0477. The number of methoxy groups -OCH3 is 1. The van der Waals surface area contributed by atoms with E-state index in [1.807, 2.05) is 43.1 Å². The molecular weight excluding hydrogens is 280 g/mol. The molecule has 22 heavy (non-hydrogen) atoms. The van der Waals surface area contributed by atoms with Crippen LogP contribution in [-0.4, -0.2) is 50.3 Å². The Bertz CT molecular complexity index is 469. The van der Waals surface area contributed by atoms with Gasteiger partial charge in [-0.25, -0.2) is 0 Å². The monoisotopic (exact) mass is 306 g/mol. The van der Waals surface area contributed by atoms with Crippen molar-refractivity contribution in [2.24, 2.45) is 0 Å². The van der Waals surface area contributed by atoms with Crippen LogP contribution in [0.5, 0.6) is 5.75 Å². The number of hydrogen-bond donors (Lipinski definition) is 1. The molecule has 1 N–H and O–H groups in total. The number of amides is 1. The first-order valence-corrected chi connectivity index (χ1v) is 7.82. The van der Waals surface area contributed by atoms with Crippen LogP contribution in [0, 0.1) is 0 Å². The van der Waals surface area contributed by atoms with Gasteiger partial charge in [-0.3, -0.25) is 9.69 Å². The lowest BCUT2D eigenvalue weighted by molar-refractivity contribution is -0.126. The molecular formula is C17H26N2O3. The van der Waals surface area contributed by atoms with Gasteiger partial charge in [0.15, 0.2) is 0 Å². The lowest BCUT2D eigenvalue weighted by Crippen LogP contribution is -2.45. The van der Waals surface area contributed by atoms with Crippen molar-refractivity contribution in [1.29, 1.82) is 0 Å². The molecule has 0 aliphatic carbocycles. The highest BCUT2D eigenvalue weighted by Gasteiger charge is 2.21. The molecule has 5 heteroatoms. The second kappa shape index (κ2) is 8.15. The van der Waals surface area contributed by atoms with Crippen LogP contribution in [0.2, 0.25) is 0 Å². The van der Waals surface area contributed by atoms with Gasteiger partial charge in [0.2, 0.25) is 5.91 Å². The van der Waals surface area contributed by atoms with Crippen molar-refractivity contribution >= 4 is 5.91 Å². The van der Waals surface area contributed by atoms with Gasteiger partial charge in [-0.05, 0) is 44.5 Å². The largest absolute Gasteiger partial charge is 0.497 e. The normalized spacial score (nSPS) is 19.2. The molecule has 1 aliphatic heterocycles. The van der Waals surface area contributed by atoms with Gasteiger partial charge < -0.3 is 14.8 Å². The van der Waals surface area contributed by atoms with Crippen molar-refractivity contribution in [1.82, 2.24) is 10.2 Å². The molecule has 1 amide bonds. The minimum Gasteiger partial charge on any atom is -0.497 e. The SMILES string of the molecule is COc1ccc(CN(C)C(C)C(=O)NCC2CCCO2)cc1. The maximum absolute atomic E-state index is 12.2. The summed E-state index contributed by atoms with van der Waals surface area (Å²) in [6.45, 7) is 4.07. The van der Waals surface area contributed by atoms with E-state index in [-0.39, 0.29) is 18.1 Å². The van der Waals surface area contributed by atoms with Crippen molar-refractivity contribution in [2.45, 2.75) is 38.5 Å². The first kappa shape index (κ1) is 16.8. The Balaban J connectivity index is 1.79. The predicted octanol–water partition coefficient (Wildman–Crippen LogP) is 1.81. The zero-order chi connectivity index (χ0) is 15.9. The molecule has 0 radical (unpaired) electrons. The van der Waals surface area contributed by atoms with E-state index in [1.165, 1.54) is 0 Å². The summed E-state index contributed by atoms with van der Waals surface area (Å²) >= 11 is 0. The molecule has 2 unspecified atom stereocenters. The van der Waals surface area contributed by atoms with Gasteiger partial charge in [-0.2, -0.15) is 0 Å². The molecule has 1 saturated heterocycles. The molecule has 1 aromatic rings. The number of nitrogens with zero attached hydrogens (tertiary/aromatic N) is 1. The second-order valence-electron chi connectivity index (χ2n) is 5.82. The van der Waals surface area contributed by atoms with E-state index < -0.39 is 0 Å². The van der Waals surface area contributed by atoms with Gasteiger partial charge in [0.1, 0.15) is 5.75 Å². The van der Waals surface area contributed by atoms with Crippen molar-refractivity contribution in [2.75, 3.05) is 27.3 Å². The van der Waals surface area contributed by atoms with Crippen LogP contribution in [0.3, 0.4) is 0 Å². The number of likely N-dealkylation sites (N-methyl/N-ethyl adjacent to an activating group) is 1. The Morgan fingerprint density at radius 1 is 1.45 bits per heavy atom. The number of carbonyl (C=O) groups excluding carboxylic acids is 1. The molecule has 0 aromatic heterocycles. The topological polar surface area (TPSA) is 50.8 Å².